The van der Waals surface area contributed by atoms with Gasteiger partial charge in [0, 0.05) is 8.07 Å². The first kappa shape index (κ1) is 22.7. The van der Waals surface area contributed by atoms with Gasteiger partial charge >= 0.3 is 0 Å². The molecule has 2 nitrogen and oxygen atoms in total. The van der Waals surface area contributed by atoms with Crippen molar-refractivity contribution < 1.29 is 9.16 Å². The second-order valence-electron chi connectivity index (χ2n) is 9.35. The van der Waals surface area contributed by atoms with Crippen molar-refractivity contribution in [1.29, 1.82) is 0 Å². The van der Waals surface area contributed by atoms with Gasteiger partial charge < -0.3 is 9.16 Å². The number of hydrogen-bond donors (Lipinski definition) is 0. The lowest BCUT2D eigenvalue weighted by atomic mass is 10.1. The van der Waals surface area contributed by atoms with E-state index in [0.717, 1.165) is 12.8 Å². The monoisotopic (exact) mass is 356 g/mol. The SMILES string of the molecule is CO/C=C/CCC(/C=C(\C)C[Si](C)(C)C)O[Si](C)(C)C(C)(C)C. The van der Waals surface area contributed by atoms with Crippen molar-refractivity contribution in [2.75, 3.05) is 7.11 Å². The minimum atomic E-state index is -1.75. The van der Waals surface area contributed by atoms with E-state index in [4.69, 9.17) is 9.16 Å². The molecule has 0 fully saturated rings. The zero-order chi connectivity index (χ0) is 18.3. The van der Waals surface area contributed by atoms with Crippen molar-refractivity contribution in [2.45, 2.75) is 90.5 Å². The Hall–Kier alpha value is -0.326. The van der Waals surface area contributed by atoms with Crippen molar-refractivity contribution in [3.63, 3.8) is 0 Å². The van der Waals surface area contributed by atoms with Gasteiger partial charge in [-0.05, 0) is 50.0 Å². The van der Waals surface area contributed by atoms with Crippen molar-refractivity contribution >= 4 is 16.4 Å². The molecule has 1 atom stereocenters. The molecule has 0 aromatic heterocycles. The Morgan fingerprint density at radius 2 is 1.65 bits per heavy atom. The quantitative estimate of drug-likeness (QED) is 0.263. The molecule has 0 aliphatic heterocycles. The summed E-state index contributed by atoms with van der Waals surface area (Å²) in [6, 6.07) is 1.25. The predicted octanol–water partition coefficient (Wildman–Crippen LogP) is 6.60. The minimum absolute atomic E-state index is 0.216. The van der Waals surface area contributed by atoms with E-state index in [-0.39, 0.29) is 11.1 Å². The molecule has 0 aromatic carbocycles. The Labute approximate surface area is 147 Å². The standard InChI is InChI=1S/C19H40O2Si2/c1-17(16-22(6,7)8)15-18(13-11-12-14-20-5)21-23(9,10)19(2,3)4/h12,14-15,18H,11,13,16H2,1-10H3/b14-12+,17-15+. The molecule has 0 N–H and O–H groups in total. The third-order valence-corrected chi connectivity index (χ3v) is 10.5. The lowest BCUT2D eigenvalue weighted by Crippen LogP contribution is -2.43. The summed E-state index contributed by atoms with van der Waals surface area (Å²) in [5.74, 6) is 0. The highest BCUT2D eigenvalue weighted by Crippen LogP contribution is 2.38. The van der Waals surface area contributed by atoms with Crippen molar-refractivity contribution in [1.82, 2.24) is 0 Å². The van der Waals surface area contributed by atoms with Crippen LogP contribution in [-0.4, -0.2) is 29.6 Å². The van der Waals surface area contributed by atoms with E-state index in [0.29, 0.717) is 0 Å². The van der Waals surface area contributed by atoms with Crippen LogP contribution in [0.25, 0.3) is 0 Å². The summed E-state index contributed by atoms with van der Waals surface area (Å²) >= 11 is 0. The van der Waals surface area contributed by atoms with Crippen molar-refractivity contribution in [2.24, 2.45) is 0 Å². The molecule has 0 radical (unpaired) electrons. The molecule has 4 heteroatoms. The van der Waals surface area contributed by atoms with Gasteiger partial charge in [0.05, 0.1) is 19.5 Å². The van der Waals surface area contributed by atoms with Gasteiger partial charge in [-0.1, -0.05) is 52.1 Å². The van der Waals surface area contributed by atoms with Crippen molar-refractivity contribution in [3.05, 3.63) is 24.0 Å². The second-order valence-corrected chi connectivity index (χ2v) is 19.6. The van der Waals surface area contributed by atoms with Crippen LogP contribution in [0.4, 0.5) is 0 Å². The molecule has 0 aliphatic carbocycles. The molecule has 0 bridgehead atoms. The summed E-state index contributed by atoms with van der Waals surface area (Å²) in [7, 11) is -1.13. The lowest BCUT2D eigenvalue weighted by Gasteiger charge is -2.39. The maximum absolute atomic E-state index is 6.67. The van der Waals surface area contributed by atoms with Gasteiger partial charge in [0.1, 0.15) is 0 Å². The molecule has 1 unspecified atom stereocenters. The summed E-state index contributed by atoms with van der Waals surface area (Å²) in [5, 5.41) is 0.244. The molecule has 0 aromatic rings. The average molecular weight is 357 g/mol. The van der Waals surface area contributed by atoms with E-state index < -0.39 is 16.4 Å². The zero-order valence-corrected chi connectivity index (χ0v) is 19.2. The van der Waals surface area contributed by atoms with Crippen molar-refractivity contribution in [3.8, 4) is 0 Å². The van der Waals surface area contributed by atoms with E-state index in [2.05, 4.69) is 72.6 Å². The summed E-state index contributed by atoms with van der Waals surface area (Å²) in [5.41, 5.74) is 1.49. The average Bonchev–Trinajstić information content (AvgIpc) is 2.30. The molecule has 136 valence electrons. The van der Waals surface area contributed by atoms with Crippen LogP contribution in [0, 0.1) is 0 Å². The van der Waals surface area contributed by atoms with Gasteiger partial charge in [-0.15, -0.1) is 0 Å². The number of hydrogen-bond acceptors (Lipinski definition) is 2. The van der Waals surface area contributed by atoms with Crippen LogP contribution in [0.3, 0.4) is 0 Å². The highest BCUT2D eigenvalue weighted by atomic mass is 28.4. The van der Waals surface area contributed by atoms with E-state index in [9.17, 15) is 0 Å². The first-order chi connectivity index (χ1) is 10.3. The van der Waals surface area contributed by atoms with Gasteiger partial charge in [0.25, 0.3) is 0 Å². The fourth-order valence-electron chi connectivity index (χ4n) is 2.37. The highest BCUT2D eigenvalue weighted by molar-refractivity contribution is 6.76. The van der Waals surface area contributed by atoms with Crippen LogP contribution < -0.4 is 0 Å². The fourth-order valence-corrected chi connectivity index (χ4v) is 5.46. The van der Waals surface area contributed by atoms with Gasteiger partial charge in [-0.2, -0.15) is 0 Å². The summed E-state index contributed by atoms with van der Waals surface area (Å²) in [4.78, 5) is 0. The zero-order valence-electron chi connectivity index (χ0n) is 17.2. The lowest BCUT2D eigenvalue weighted by molar-refractivity contribution is 0.215. The first-order valence-corrected chi connectivity index (χ1v) is 15.4. The minimum Gasteiger partial charge on any atom is -0.505 e. The van der Waals surface area contributed by atoms with Gasteiger partial charge in [-0.3, -0.25) is 0 Å². The molecule has 0 saturated carbocycles. The Kier molecular flexibility index (Phi) is 9.10. The van der Waals surface area contributed by atoms with Crippen LogP contribution in [0.2, 0.25) is 43.8 Å². The topological polar surface area (TPSA) is 18.5 Å². The fraction of sp³-hybridized carbons (Fsp3) is 0.789. The number of methoxy groups -OCH3 is 1. The van der Waals surface area contributed by atoms with Gasteiger partial charge in [0.15, 0.2) is 8.32 Å². The molecule has 0 spiro atoms. The molecular weight excluding hydrogens is 316 g/mol. The van der Waals surface area contributed by atoms with E-state index in [1.54, 1.807) is 13.4 Å². The highest BCUT2D eigenvalue weighted by Gasteiger charge is 2.38. The smallest absolute Gasteiger partial charge is 0.192 e. The molecule has 23 heavy (non-hydrogen) atoms. The summed E-state index contributed by atoms with van der Waals surface area (Å²) in [6.45, 7) is 21.1. The summed E-state index contributed by atoms with van der Waals surface area (Å²) < 4.78 is 11.7. The summed E-state index contributed by atoms with van der Waals surface area (Å²) in [6.07, 6.45) is 8.47. The Bertz CT molecular complexity index is 399. The first-order valence-electron chi connectivity index (χ1n) is 8.81. The van der Waals surface area contributed by atoms with Crippen LogP contribution in [-0.2, 0) is 9.16 Å². The Morgan fingerprint density at radius 1 is 1.09 bits per heavy atom. The second kappa shape index (κ2) is 9.23. The van der Waals surface area contributed by atoms with Gasteiger partial charge in [0.2, 0.25) is 0 Å². The largest absolute Gasteiger partial charge is 0.505 e. The molecular formula is C19H40O2Si2. The number of ether oxygens (including phenoxy) is 1. The maximum atomic E-state index is 6.67. The normalized spacial score (nSPS) is 16.0. The van der Waals surface area contributed by atoms with Crippen LogP contribution in [0.5, 0.6) is 0 Å². The molecule has 0 heterocycles. The Morgan fingerprint density at radius 3 is 2.09 bits per heavy atom. The predicted molar refractivity (Wildman–Crippen MR) is 109 cm³/mol. The Balaban J connectivity index is 5.08. The van der Waals surface area contributed by atoms with Crippen LogP contribution in [0.1, 0.15) is 40.5 Å². The van der Waals surface area contributed by atoms with E-state index in [1.165, 1.54) is 11.6 Å². The molecule has 0 aliphatic rings. The number of allylic oxidation sites excluding steroid dienone is 2. The van der Waals surface area contributed by atoms with E-state index in [1.807, 2.05) is 0 Å². The third kappa shape index (κ3) is 10.2. The third-order valence-electron chi connectivity index (χ3n) is 4.38. The van der Waals surface area contributed by atoms with Crippen LogP contribution >= 0.6 is 0 Å². The van der Waals surface area contributed by atoms with Crippen LogP contribution in [0.15, 0.2) is 24.0 Å². The molecule has 0 amide bonds. The number of rotatable bonds is 9. The molecule has 0 saturated heterocycles. The maximum Gasteiger partial charge on any atom is 0.192 e. The van der Waals surface area contributed by atoms with Gasteiger partial charge in [-0.25, -0.2) is 0 Å². The van der Waals surface area contributed by atoms with E-state index >= 15 is 0 Å². The molecule has 0 rings (SSSR count).